The molecule has 1 aromatic carbocycles. The number of urea groups is 1. The molecule has 6 heteroatoms. The normalized spacial score (nSPS) is 24.9. The average molecular weight is 275 g/mol. The van der Waals surface area contributed by atoms with Crippen molar-refractivity contribution in [3.8, 4) is 0 Å². The Balaban J connectivity index is 2.30. The number of amides is 2. The van der Waals surface area contributed by atoms with E-state index in [0.717, 1.165) is 5.56 Å². The zero-order valence-corrected chi connectivity index (χ0v) is 11.1. The van der Waals surface area contributed by atoms with Gasteiger partial charge in [0, 0.05) is 11.6 Å². The first-order valence-electron chi connectivity index (χ1n) is 6.29. The van der Waals surface area contributed by atoms with Gasteiger partial charge in [0.15, 0.2) is 0 Å². The number of hydrogen-bond donors (Lipinski definition) is 4. The number of carboxylic acid groups (broad SMARTS) is 1. The Bertz CT molecular complexity index is 556. The molecule has 2 atom stereocenters. The van der Waals surface area contributed by atoms with E-state index < -0.39 is 17.4 Å². The molecule has 20 heavy (non-hydrogen) atoms. The summed E-state index contributed by atoms with van der Waals surface area (Å²) in [5.74, 6) is -1.20. The number of allylic oxidation sites excluding steroid dienone is 2. The van der Waals surface area contributed by atoms with Crippen LogP contribution >= 0.6 is 0 Å². The number of benzene rings is 1. The lowest BCUT2D eigenvalue weighted by Crippen LogP contribution is -2.45. The van der Waals surface area contributed by atoms with Gasteiger partial charge in [-0.05, 0) is 12.0 Å². The molecule has 5 N–H and O–H groups in total. The molecule has 1 aromatic rings. The van der Waals surface area contributed by atoms with Crippen molar-refractivity contribution in [3.05, 3.63) is 47.7 Å². The second-order valence-corrected chi connectivity index (χ2v) is 4.84. The SMILES string of the molecule is C[C@H]1C(NNC(N)=O)=CC[C@]1(C(=O)O)c1ccccc1. The molecule has 2 rings (SSSR count). The molecule has 2 amide bonds. The predicted octanol–water partition coefficient (Wildman–Crippen LogP) is 1.11. The Kier molecular flexibility index (Phi) is 3.65. The third-order valence-corrected chi connectivity index (χ3v) is 3.85. The number of nitrogens with one attached hydrogen (secondary N) is 2. The number of carboxylic acids is 1. The van der Waals surface area contributed by atoms with Gasteiger partial charge in [0.25, 0.3) is 0 Å². The van der Waals surface area contributed by atoms with E-state index in [1.54, 1.807) is 6.08 Å². The van der Waals surface area contributed by atoms with Crippen LogP contribution in [0.25, 0.3) is 0 Å². The molecule has 0 spiro atoms. The number of carbonyl (C=O) groups is 2. The molecule has 1 aliphatic carbocycles. The zero-order chi connectivity index (χ0) is 14.8. The van der Waals surface area contributed by atoms with Crippen molar-refractivity contribution >= 4 is 12.0 Å². The summed E-state index contributed by atoms with van der Waals surface area (Å²) in [6.45, 7) is 1.82. The lowest BCUT2D eigenvalue weighted by molar-refractivity contribution is -0.145. The van der Waals surface area contributed by atoms with Gasteiger partial charge in [0.1, 0.15) is 5.41 Å². The van der Waals surface area contributed by atoms with Crippen molar-refractivity contribution in [2.75, 3.05) is 0 Å². The van der Waals surface area contributed by atoms with Gasteiger partial charge in [-0.1, -0.05) is 43.3 Å². The van der Waals surface area contributed by atoms with E-state index >= 15 is 0 Å². The topological polar surface area (TPSA) is 104 Å². The Morgan fingerprint density at radius 3 is 2.55 bits per heavy atom. The maximum absolute atomic E-state index is 11.8. The van der Waals surface area contributed by atoms with Gasteiger partial charge < -0.3 is 16.3 Å². The van der Waals surface area contributed by atoms with E-state index in [0.29, 0.717) is 12.1 Å². The number of nitrogens with two attached hydrogens (primary N) is 1. The molecule has 0 fully saturated rings. The van der Waals surface area contributed by atoms with Crippen molar-refractivity contribution in [3.63, 3.8) is 0 Å². The van der Waals surface area contributed by atoms with Gasteiger partial charge in [-0.2, -0.15) is 0 Å². The van der Waals surface area contributed by atoms with Gasteiger partial charge in [-0.15, -0.1) is 0 Å². The van der Waals surface area contributed by atoms with E-state index in [1.165, 1.54) is 0 Å². The van der Waals surface area contributed by atoms with Crippen molar-refractivity contribution in [2.24, 2.45) is 11.7 Å². The van der Waals surface area contributed by atoms with Crippen LogP contribution in [-0.2, 0) is 10.2 Å². The number of rotatable bonds is 4. The Hall–Kier alpha value is -2.50. The van der Waals surface area contributed by atoms with E-state index in [1.807, 2.05) is 37.3 Å². The fraction of sp³-hybridized carbons (Fsp3) is 0.286. The van der Waals surface area contributed by atoms with Gasteiger partial charge >= 0.3 is 12.0 Å². The Labute approximate surface area is 116 Å². The first-order chi connectivity index (χ1) is 9.48. The van der Waals surface area contributed by atoms with E-state index in [2.05, 4.69) is 10.9 Å². The molecule has 0 bridgehead atoms. The fourth-order valence-electron chi connectivity index (χ4n) is 2.68. The Morgan fingerprint density at radius 2 is 2.00 bits per heavy atom. The molecular formula is C14H17N3O3. The smallest absolute Gasteiger partial charge is 0.330 e. The first-order valence-corrected chi connectivity index (χ1v) is 6.29. The summed E-state index contributed by atoms with van der Waals surface area (Å²) in [5, 5.41) is 9.71. The third kappa shape index (κ3) is 2.20. The summed E-state index contributed by atoms with van der Waals surface area (Å²) in [4.78, 5) is 22.6. The molecule has 0 heterocycles. The highest BCUT2D eigenvalue weighted by atomic mass is 16.4. The van der Waals surface area contributed by atoms with Crippen LogP contribution in [0.2, 0.25) is 0 Å². The first kappa shape index (κ1) is 13.9. The summed E-state index contributed by atoms with van der Waals surface area (Å²) in [6.07, 6.45) is 2.14. The summed E-state index contributed by atoms with van der Waals surface area (Å²) in [5.41, 5.74) is 10.3. The van der Waals surface area contributed by atoms with Crippen LogP contribution in [0, 0.1) is 5.92 Å². The van der Waals surface area contributed by atoms with Gasteiger partial charge in [0.2, 0.25) is 0 Å². The van der Waals surface area contributed by atoms with Gasteiger partial charge in [0.05, 0.1) is 0 Å². The predicted molar refractivity (Wildman–Crippen MR) is 73.5 cm³/mol. The van der Waals surface area contributed by atoms with Crippen molar-refractivity contribution < 1.29 is 14.7 Å². The quantitative estimate of drug-likeness (QED) is 0.618. The molecular weight excluding hydrogens is 258 g/mol. The van der Waals surface area contributed by atoms with Crippen molar-refractivity contribution in [2.45, 2.75) is 18.8 Å². The summed E-state index contributed by atoms with van der Waals surface area (Å²) < 4.78 is 0. The molecule has 0 saturated heterocycles. The summed E-state index contributed by atoms with van der Waals surface area (Å²) in [6, 6.07) is 8.39. The average Bonchev–Trinajstić information content (AvgIpc) is 2.75. The fourth-order valence-corrected chi connectivity index (χ4v) is 2.68. The second-order valence-electron chi connectivity index (χ2n) is 4.84. The van der Waals surface area contributed by atoms with Crippen LogP contribution in [0.1, 0.15) is 18.9 Å². The minimum Gasteiger partial charge on any atom is -0.481 e. The van der Waals surface area contributed by atoms with Crippen LogP contribution in [0.3, 0.4) is 0 Å². The van der Waals surface area contributed by atoms with Crippen LogP contribution in [0.4, 0.5) is 4.79 Å². The molecule has 0 unspecified atom stereocenters. The van der Waals surface area contributed by atoms with E-state index in [4.69, 9.17) is 5.73 Å². The number of aliphatic carboxylic acids is 1. The standard InChI is InChI=1S/C14H17N3O3/c1-9-11(16-17-13(15)20)7-8-14(9,12(18)19)10-5-3-2-4-6-10/h2-7,9,16H,8H2,1H3,(H,18,19)(H3,15,17,20)/t9-,14+/m0/s1. The van der Waals surface area contributed by atoms with E-state index in [-0.39, 0.29) is 5.92 Å². The highest BCUT2D eigenvalue weighted by Gasteiger charge is 2.49. The maximum atomic E-state index is 11.8. The minimum absolute atomic E-state index is 0.311. The highest BCUT2D eigenvalue weighted by molar-refractivity contribution is 5.83. The molecule has 6 nitrogen and oxygen atoms in total. The number of carbonyl (C=O) groups excluding carboxylic acids is 1. The number of hydrazine groups is 1. The van der Waals surface area contributed by atoms with Crippen molar-refractivity contribution in [1.82, 2.24) is 10.9 Å². The second kappa shape index (κ2) is 5.24. The van der Waals surface area contributed by atoms with Crippen molar-refractivity contribution in [1.29, 1.82) is 0 Å². The third-order valence-electron chi connectivity index (χ3n) is 3.85. The minimum atomic E-state index is -1.02. The molecule has 106 valence electrons. The lowest BCUT2D eigenvalue weighted by atomic mass is 9.72. The highest BCUT2D eigenvalue weighted by Crippen LogP contribution is 2.44. The summed E-state index contributed by atoms with van der Waals surface area (Å²) in [7, 11) is 0. The molecule has 0 radical (unpaired) electrons. The molecule has 0 saturated carbocycles. The van der Waals surface area contributed by atoms with Gasteiger partial charge in [-0.3, -0.25) is 10.2 Å². The zero-order valence-electron chi connectivity index (χ0n) is 11.1. The maximum Gasteiger partial charge on any atom is 0.330 e. The van der Waals surface area contributed by atoms with Crippen LogP contribution < -0.4 is 16.6 Å². The van der Waals surface area contributed by atoms with Crippen LogP contribution in [-0.4, -0.2) is 17.1 Å². The monoisotopic (exact) mass is 275 g/mol. The number of primary amides is 1. The van der Waals surface area contributed by atoms with E-state index in [9.17, 15) is 14.7 Å². The molecule has 0 aromatic heterocycles. The largest absolute Gasteiger partial charge is 0.481 e. The van der Waals surface area contributed by atoms with Gasteiger partial charge in [-0.25, -0.2) is 4.79 Å². The van der Waals surface area contributed by atoms with Crippen LogP contribution in [0.15, 0.2) is 42.1 Å². The van der Waals surface area contributed by atoms with Crippen LogP contribution in [0.5, 0.6) is 0 Å². The lowest BCUT2D eigenvalue weighted by Gasteiger charge is -2.31. The summed E-state index contributed by atoms with van der Waals surface area (Å²) >= 11 is 0. The number of hydrogen-bond acceptors (Lipinski definition) is 3. The molecule has 1 aliphatic rings. The Morgan fingerprint density at radius 1 is 1.35 bits per heavy atom. The molecule has 0 aliphatic heterocycles.